The Bertz CT molecular complexity index is 1380. The zero-order valence-electron chi connectivity index (χ0n) is 20.7. The highest BCUT2D eigenvalue weighted by molar-refractivity contribution is 7.92. The van der Waals surface area contributed by atoms with Crippen LogP contribution in [-0.2, 0) is 19.6 Å². The molecular weight excluding hydrogens is 492 g/mol. The summed E-state index contributed by atoms with van der Waals surface area (Å²) in [6, 6.07) is 19.6. The lowest BCUT2D eigenvalue weighted by Gasteiger charge is -2.26. The molecular formula is C27H30N4O5S. The van der Waals surface area contributed by atoms with Crippen LogP contribution in [0.15, 0.2) is 71.8 Å². The maximum Gasteiger partial charge on any atom is 0.260 e. The molecule has 1 aliphatic heterocycles. The molecule has 10 heteroatoms. The Morgan fingerprint density at radius 2 is 1.70 bits per heavy atom. The number of carbonyl (C=O) groups is 2. The molecule has 1 N–H and O–H groups in total. The summed E-state index contributed by atoms with van der Waals surface area (Å²) in [5, 5.41) is 5.55. The maximum atomic E-state index is 12.5. The molecule has 37 heavy (non-hydrogen) atoms. The number of nitrogens with zero attached hydrogens (tertiary/aromatic N) is 3. The number of hydrogen-bond acceptors (Lipinski definition) is 6. The molecule has 1 saturated heterocycles. The van der Waals surface area contributed by atoms with Gasteiger partial charge < -0.3 is 9.64 Å². The summed E-state index contributed by atoms with van der Waals surface area (Å²) in [6.07, 6.45) is 5.74. The third-order valence-corrected chi connectivity index (χ3v) is 7.20. The third-order valence-electron chi connectivity index (χ3n) is 6.08. The number of benzene rings is 3. The number of amides is 2. The summed E-state index contributed by atoms with van der Waals surface area (Å²) in [4.78, 5) is 26.6. The fraction of sp³-hybridized carbons (Fsp3) is 0.296. The molecule has 1 fully saturated rings. The number of carbonyl (C=O) groups excluding carboxylic acids is 2. The van der Waals surface area contributed by atoms with Crippen molar-refractivity contribution in [1.29, 1.82) is 0 Å². The van der Waals surface area contributed by atoms with E-state index < -0.39 is 22.5 Å². The number of fused-ring (bicyclic) bond motifs is 1. The minimum absolute atomic E-state index is 0.00295. The number of sulfonamides is 1. The number of hydrogen-bond donors (Lipinski definition) is 1. The van der Waals surface area contributed by atoms with E-state index in [0.29, 0.717) is 17.0 Å². The van der Waals surface area contributed by atoms with Gasteiger partial charge in [0.25, 0.3) is 11.8 Å². The average molecular weight is 523 g/mol. The lowest BCUT2D eigenvalue weighted by molar-refractivity contribution is -0.134. The van der Waals surface area contributed by atoms with Gasteiger partial charge in [-0.05, 0) is 60.5 Å². The van der Waals surface area contributed by atoms with Crippen molar-refractivity contribution in [2.24, 2.45) is 5.10 Å². The molecule has 1 aliphatic rings. The molecule has 0 saturated carbocycles. The summed E-state index contributed by atoms with van der Waals surface area (Å²) in [5.41, 5.74) is 3.51. The van der Waals surface area contributed by atoms with Crippen LogP contribution < -0.4 is 14.5 Å². The summed E-state index contributed by atoms with van der Waals surface area (Å²) in [6.45, 7) is 1.15. The van der Waals surface area contributed by atoms with E-state index in [1.807, 2.05) is 35.2 Å². The second-order valence-corrected chi connectivity index (χ2v) is 10.8. The second kappa shape index (κ2) is 11.9. The third kappa shape index (κ3) is 7.07. The molecule has 0 unspecified atom stereocenters. The quantitative estimate of drug-likeness (QED) is 0.343. The number of likely N-dealkylation sites (tertiary alicyclic amines) is 1. The van der Waals surface area contributed by atoms with Crippen molar-refractivity contribution in [2.75, 3.05) is 36.8 Å². The van der Waals surface area contributed by atoms with E-state index in [2.05, 4.69) is 10.5 Å². The highest BCUT2D eigenvalue weighted by Crippen LogP contribution is 2.28. The fourth-order valence-corrected chi connectivity index (χ4v) is 5.05. The molecule has 0 atom stereocenters. The lowest BCUT2D eigenvalue weighted by Crippen LogP contribution is -2.39. The molecule has 0 aromatic heterocycles. The van der Waals surface area contributed by atoms with Crippen LogP contribution in [0.1, 0.15) is 24.8 Å². The number of hydrazone groups is 1. The molecule has 4 rings (SSSR count). The van der Waals surface area contributed by atoms with Gasteiger partial charge >= 0.3 is 0 Å². The Morgan fingerprint density at radius 3 is 2.43 bits per heavy atom. The van der Waals surface area contributed by atoms with Crippen molar-refractivity contribution >= 4 is 44.5 Å². The minimum atomic E-state index is -3.73. The van der Waals surface area contributed by atoms with Crippen molar-refractivity contribution in [3.05, 3.63) is 72.3 Å². The number of anilines is 1. The summed E-state index contributed by atoms with van der Waals surface area (Å²) >= 11 is 0. The van der Waals surface area contributed by atoms with Crippen LogP contribution in [-0.4, -0.2) is 63.8 Å². The van der Waals surface area contributed by atoms with Crippen LogP contribution in [0.5, 0.6) is 5.75 Å². The molecule has 9 nitrogen and oxygen atoms in total. The molecule has 0 bridgehead atoms. The number of ether oxygens (including phenoxy) is 1. The Labute approximate surface area is 216 Å². The zero-order chi connectivity index (χ0) is 26.3. The monoisotopic (exact) mass is 522 g/mol. The first-order valence-corrected chi connectivity index (χ1v) is 13.9. The van der Waals surface area contributed by atoms with Crippen LogP contribution in [0, 0.1) is 0 Å². The molecule has 0 spiro atoms. The van der Waals surface area contributed by atoms with E-state index in [0.717, 1.165) is 53.7 Å². The van der Waals surface area contributed by atoms with Gasteiger partial charge in [0.1, 0.15) is 12.3 Å². The van der Waals surface area contributed by atoms with E-state index >= 15 is 0 Å². The van der Waals surface area contributed by atoms with Crippen molar-refractivity contribution in [3.63, 3.8) is 0 Å². The van der Waals surface area contributed by atoms with E-state index in [9.17, 15) is 18.0 Å². The molecule has 3 aromatic rings. The second-order valence-electron chi connectivity index (χ2n) is 8.86. The van der Waals surface area contributed by atoms with Crippen molar-refractivity contribution in [2.45, 2.75) is 19.3 Å². The molecule has 0 aliphatic carbocycles. The summed E-state index contributed by atoms with van der Waals surface area (Å²) in [7, 11) is -3.73. The fourth-order valence-electron chi connectivity index (χ4n) is 4.18. The van der Waals surface area contributed by atoms with Gasteiger partial charge in [-0.3, -0.25) is 13.9 Å². The molecule has 194 valence electrons. The maximum absolute atomic E-state index is 12.5. The smallest absolute Gasteiger partial charge is 0.260 e. The van der Waals surface area contributed by atoms with E-state index in [1.54, 1.807) is 36.4 Å². The molecule has 2 amide bonds. The Balaban J connectivity index is 1.33. The SMILES string of the molecule is CS(=O)(=O)N(CC(=O)N/N=C\c1ccc(OCC(=O)N2CCCCC2)cc1)c1cccc2ccccc12. The van der Waals surface area contributed by atoms with Gasteiger partial charge in [0.05, 0.1) is 18.2 Å². The van der Waals surface area contributed by atoms with Gasteiger partial charge in [0.15, 0.2) is 6.61 Å². The molecule has 3 aromatic carbocycles. The zero-order valence-corrected chi connectivity index (χ0v) is 21.5. The van der Waals surface area contributed by atoms with E-state index in [1.165, 1.54) is 6.21 Å². The number of piperidine rings is 1. The number of rotatable bonds is 9. The number of nitrogens with one attached hydrogen (secondary N) is 1. The lowest BCUT2D eigenvalue weighted by atomic mass is 10.1. The van der Waals surface area contributed by atoms with Crippen LogP contribution >= 0.6 is 0 Å². The van der Waals surface area contributed by atoms with Crippen molar-refractivity contribution < 1.29 is 22.7 Å². The highest BCUT2D eigenvalue weighted by atomic mass is 32.2. The van der Waals surface area contributed by atoms with Crippen molar-refractivity contribution in [1.82, 2.24) is 10.3 Å². The summed E-state index contributed by atoms with van der Waals surface area (Å²) in [5.74, 6) is -0.0316. The van der Waals surface area contributed by atoms with Gasteiger partial charge in [0, 0.05) is 18.5 Å². The predicted octanol–water partition coefficient (Wildman–Crippen LogP) is 3.15. The molecule has 1 heterocycles. The Morgan fingerprint density at radius 1 is 1.00 bits per heavy atom. The largest absolute Gasteiger partial charge is 0.484 e. The standard InChI is InChI=1S/C27H30N4O5S/c1-37(34,35)31(25-11-7-9-22-8-3-4-10-24(22)25)19-26(32)29-28-18-21-12-14-23(15-13-21)36-20-27(33)30-16-5-2-6-17-30/h3-4,7-15,18H,2,5-6,16-17,19-20H2,1H3,(H,29,32)/b28-18-. The highest BCUT2D eigenvalue weighted by Gasteiger charge is 2.22. The van der Waals surface area contributed by atoms with Crippen LogP contribution in [0.4, 0.5) is 5.69 Å². The summed E-state index contributed by atoms with van der Waals surface area (Å²) < 4.78 is 31.7. The topological polar surface area (TPSA) is 108 Å². The van der Waals surface area contributed by atoms with E-state index in [4.69, 9.17) is 4.74 Å². The van der Waals surface area contributed by atoms with E-state index in [-0.39, 0.29) is 12.5 Å². The van der Waals surface area contributed by atoms with Gasteiger partial charge in [-0.25, -0.2) is 13.8 Å². The first kappa shape index (κ1) is 26.2. The van der Waals surface area contributed by atoms with Crippen molar-refractivity contribution in [3.8, 4) is 5.75 Å². The van der Waals surface area contributed by atoms with Gasteiger partial charge in [0.2, 0.25) is 10.0 Å². The first-order chi connectivity index (χ1) is 17.8. The van der Waals surface area contributed by atoms with Gasteiger partial charge in [-0.15, -0.1) is 0 Å². The Kier molecular flexibility index (Phi) is 8.39. The first-order valence-electron chi connectivity index (χ1n) is 12.1. The Hall–Kier alpha value is -3.92. The molecule has 0 radical (unpaired) electrons. The van der Waals surface area contributed by atoms with Crippen LogP contribution in [0.2, 0.25) is 0 Å². The van der Waals surface area contributed by atoms with Crippen LogP contribution in [0.3, 0.4) is 0 Å². The van der Waals surface area contributed by atoms with Gasteiger partial charge in [-0.1, -0.05) is 36.4 Å². The minimum Gasteiger partial charge on any atom is -0.484 e. The normalized spacial score (nSPS) is 14.0. The van der Waals surface area contributed by atoms with Crippen LogP contribution in [0.25, 0.3) is 10.8 Å². The predicted molar refractivity (Wildman–Crippen MR) is 144 cm³/mol. The van der Waals surface area contributed by atoms with Gasteiger partial charge in [-0.2, -0.15) is 5.10 Å². The average Bonchev–Trinajstić information content (AvgIpc) is 2.91.